The van der Waals surface area contributed by atoms with Gasteiger partial charge < -0.3 is 18.9 Å². The second-order valence-electron chi connectivity index (χ2n) is 16.1. The lowest BCUT2D eigenvalue weighted by molar-refractivity contribution is 0.414. The molecule has 0 fully saturated rings. The van der Waals surface area contributed by atoms with Crippen LogP contribution in [0.3, 0.4) is 0 Å². The SMILES string of the molecule is COc1ccc(C2(c3ccc(Oc4ccc(S(=O)(=O)c5ccc(Oc6ccc(Oc7ccc(S(=O)(=O)c8ccc(C)cc8)cc7)cc6)cc5)cc4)cc3)c3ccccc3-c3ccccc32)cc1. The molecule has 0 atom stereocenters. The van der Waals surface area contributed by atoms with E-state index in [0.29, 0.717) is 34.5 Å². The van der Waals surface area contributed by atoms with Gasteiger partial charge in [-0.1, -0.05) is 90.5 Å². The van der Waals surface area contributed by atoms with Crippen molar-refractivity contribution < 1.29 is 35.8 Å². The fourth-order valence-electron chi connectivity index (χ4n) is 8.67. The lowest BCUT2D eigenvalue weighted by Crippen LogP contribution is -2.28. The van der Waals surface area contributed by atoms with Gasteiger partial charge in [-0.2, -0.15) is 0 Å². The number of methoxy groups -OCH3 is 1. The minimum atomic E-state index is -3.85. The van der Waals surface area contributed by atoms with Gasteiger partial charge in [0.1, 0.15) is 40.2 Å². The third-order valence-electron chi connectivity index (χ3n) is 12.0. The van der Waals surface area contributed by atoms with Crippen LogP contribution in [0.1, 0.15) is 27.8 Å². The molecule has 0 bridgehead atoms. The summed E-state index contributed by atoms with van der Waals surface area (Å²) in [6.45, 7) is 1.90. The molecule has 1 aliphatic carbocycles. The van der Waals surface area contributed by atoms with Crippen LogP contribution in [0.2, 0.25) is 0 Å². The van der Waals surface area contributed by atoms with E-state index >= 15 is 0 Å². The number of sulfone groups is 2. The summed E-state index contributed by atoms with van der Waals surface area (Å²) in [6.07, 6.45) is 0. The Morgan fingerprint density at radius 3 is 0.925 bits per heavy atom. The number of hydrogen-bond acceptors (Lipinski definition) is 8. The maximum atomic E-state index is 13.7. The Labute approximate surface area is 390 Å². The molecule has 0 heterocycles. The largest absolute Gasteiger partial charge is 0.497 e. The zero-order chi connectivity index (χ0) is 46.2. The van der Waals surface area contributed by atoms with Crippen LogP contribution in [-0.4, -0.2) is 23.9 Å². The zero-order valence-electron chi connectivity index (χ0n) is 36.4. The summed E-state index contributed by atoms with van der Waals surface area (Å²) in [6, 6.07) is 66.0. The number of rotatable bonds is 13. The van der Waals surface area contributed by atoms with E-state index in [2.05, 4.69) is 72.8 Å². The molecule has 0 aromatic heterocycles. The number of aryl methyl sites for hydroxylation is 1. The molecular weight excluding hydrogens is 877 g/mol. The summed E-state index contributed by atoms with van der Waals surface area (Å²) in [5.41, 5.74) is 7.39. The quantitative estimate of drug-likeness (QED) is 0.113. The number of benzene rings is 9. The van der Waals surface area contributed by atoms with Gasteiger partial charge in [0, 0.05) is 0 Å². The summed E-state index contributed by atoms with van der Waals surface area (Å²) in [4.78, 5) is 0.645. The molecule has 0 N–H and O–H groups in total. The third-order valence-corrected chi connectivity index (χ3v) is 15.6. The Morgan fingerprint density at radius 1 is 0.328 bits per heavy atom. The van der Waals surface area contributed by atoms with Crippen molar-refractivity contribution in [1.29, 1.82) is 0 Å². The van der Waals surface area contributed by atoms with Gasteiger partial charge >= 0.3 is 0 Å². The maximum Gasteiger partial charge on any atom is 0.206 e. The second-order valence-corrected chi connectivity index (χ2v) is 20.0. The van der Waals surface area contributed by atoms with Gasteiger partial charge in [0.15, 0.2) is 0 Å². The number of hydrogen-bond donors (Lipinski definition) is 0. The minimum Gasteiger partial charge on any atom is -0.497 e. The highest BCUT2D eigenvalue weighted by molar-refractivity contribution is 7.91. The number of fused-ring (bicyclic) bond motifs is 3. The first-order valence-electron chi connectivity index (χ1n) is 21.5. The van der Waals surface area contributed by atoms with E-state index in [0.717, 1.165) is 22.4 Å². The lowest BCUT2D eigenvalue weighted by Gasteiger charge is -2.34. The molecule has 0 amide bonds. The highest BCUT2D eigenvalue weighted by Crippen LogP contribution is 2.56. The summed E-state index contributed by atoms with van der Waals surface area (Å²) >= 11 is 0. The topological polar surface area (TPSA) is 105 Å². The van der Waals surface area contributed by atoms with Crippen LogP contribution >= 0.6 is 0 Å². The molecule has 8 nitrogen and oxygen atoms in total. The zero-order valence-corrected chi connectivity index (χ0v) is 38.0. The predicted octanol–water partition coefficient (Wildman–Crippen LogP) is 13.4. The summed E-state index contributed by atoms with van der Waals surface area (Å²) < 4.78 is 77.2. The van der Waals surface area contributed by atoms with Crippen LogP contribution in [0, 0.1) is 6.92 Å². The van der Waals surface area contributed by atoms with Crippen LogP contribution in [-0.2, 0) is 25.1 Å². The molecule has 330 valence electrons. The molecule has 0 unspecified atom stereocenters. The first-order chi connectivity index (χ1) is 32.5. The Balaban J connectivity index is 0.793. The maximum absolute atomic E-state index is 13.7. The van der Waals surface area contributed by atoms with Gasteiger partial charge in [-0.25, -0.2) is 16.8 Å². The molecule has 0 spiro atoms. The van der Waals surface area contributed by atoms with Crippen molar-refractivity contribution in [3.8, 4) is 51.4 Å². The molecule has 9 aromatic carbocycles. The smallest absolute Gasteiger partial charge is 0.206 e. The normalized spacial score (nSPS) is 12.7. The Bertz CT molecular complexity index is 3400. The lowest BCUT2D eigenvalue weighted by atomic mass is 9.68. The van der Waals surface area contributed by atoms with Gasteiger partial charge in [0.05, 0.1) is 32.1 Å². The van der Waals surface area contributed by atoms with E-state index in [1.807, 2.05) is 31.2 Å². The van der Waals surface area contributed by atoms with Crippen molar-refractivity contribution in [2.75, 3.05) is 7.11 Å². The van der Waals surface area contributed by atoms with Gasteiger partial charge in [0.2, 0.25) is 19.7 Å². The van der Waals surface area contributed by atoms with Crippen LogP contribution in [0.4, 0.5) is 0 Å². The fraction of sp³-hybridized carbons (Fsp3) is 0.0526. The molecule has 0 radical (unpaired) electrons. The predicted molar refractivity (Wildman–Crippen MR) is 258 cm³/mol. The van der Waals surface area contributed by atoms with E-state index in [-0.39, 0.29) is 19.6 Å². The molecule has 0 aliphatic heterocycles. The Hall–Kier alpha value is -7.92. The fourth-order valence-corrected chi connectivity index (χ4v) is 11.2. The highest BCUT2D eigenvalue weighted by atomic mass is 32.2. The van der Waals surface area contributed by atoms with E-state index in [1.54, 1.807) is 104 Å². The van der Waals surface area contributed by atoms with Crippen molar-refractivity contribution in [2.24, 2.45) is 0 Å². The molecule has 0 saturated carbocycles. The molecule has 10 rings (SSSR count). The molecule has 10 heteroatoms. The van der Waals surface area contributed by atoms with Gasteiger partial charge in [-0.3, -0.25) is 0 Å². The standard InChI is InChI=1S/C57H42O8S2/c1-39-11-31-49(32-12-39)66(58,59)50-33-27-47(28-34-50)64-44-21-23-45(24-22-44)65-48-29-37-52(38-30-48)67(60,61)51-35-25-46(26-36-51)63-43-19-15-41(16-20-43)57(40-13-17-42(62-2)18-14-40)55-9-5-3-7-53(55)54-8-4-6-10-56(54)57/h3-38H,1-2H3. The molecular formula is C57H42O8S2. The van der Waals surface area contributed by atoms with Crippen LogP contribution < -0.4 is 18.9 Å². The number of ether oxygens (including phenoxy) is 4. The summed E-state index contributed by atoms with van der Waals surface area (Å²) in [5, 5.41) is 0. The van der Waals surface area contributed by atoms with Crippen LogP contribution in [0.5, 0.6) is 40.2 Å². The van der Waals surface area contributed by atoms with E-state index in [4.69, 9.17) is 18.9 Å². The molecule has 0 saturated heterocycles. The van der Waals surface area contributed by atoms with Gasteiger partial charge in [0.25, 0.3) is 0 Å². The first kappa shape index (κ1) is 43.0. The van der Waals surface area contributed by atoms with Crippen molar-refractivity contribution in [3.63, 3.8) is 0 Å². The average molecular weight is 919 g/mol. The van der Waals surface area contributed by atoms with Crippen LogP contribution in [0.15, 0.2) is 238 Å². The van der Waals surface area contributed by atoms with Crippen molar-refractivity contribution in [3.05, 3.63) is 246 Å². The Morgan fingerprint density at radius 2 is 0.597 bits per heavy atom. The summed E-state index contributed by atoms with van der Waals surface area (Å²) in [5.74, 6) is 3.85. The van der Waals surface area contributed by atoms with E-state index in [1.165, 1.54) is 46.5 Å². The third kappa shape index (κ3) is 8.11. The van der Waals surface area contributed by atoms with E-state index in [9.17, 15) is 16.8 Å². The van der Waals surface area contributed by atoms with Crippen molar-refractivity contribution in [1.82, 2.24) is 0 Å². The monoisotopic (exact) mass is 918 g/mol. The molecule has 9 aromatic rings. The summed E-state index contributed by atoms with van der Waals surface area (Å²) in [7, 11) is -5.83. The van der Waals surface area contributed by atoms with Crippen LogP contribution in [0.25, 0.3) is 11.1 Å². The second kappa shape index (κ2) is 17.5. The molecule has 67 heavy (non-hydrogen) atoms. The average Bonchev–Trinajstić information content (AvgIpc) is 3.66. The van der Waals surface area contributed by atoms with Crippen molar-refractivity contribution in [2.45, 2.75) is 31.9 Å². The van der Waals surface area contributed by atoms with Gasteiger partial charge in [-0.05, 0) is 174 Å². The Kier molecular flexibility index (Phi) is 11.2. The van der Waals surface area contributed by atoms with Gasteiger partial charge in [-0.15, -0.1) is 0 Å². The molecule has 1 aliphatic rings. The van der Waals surface area contributed by atoms with Crippen molar-refractivity contribution >= 4 is 19.7 Å². The highest BCUT2D eigenvalue weighted by Gasteiger charge is 2.45. The minimum absolute atomic E-state index is 0.117. The first-order valence-corrected chi connectivity index (χ1v) is 24.4. The van der Waals surface area contributed by atoms with E-state index < -0.39 is 25.1 Å².